The van der Waals surface area contributed by atoms with Crippen molar-refractivity contribution in [2.24, 2.45) is 0 Å². The molecule has 4 heteroatoms. The molecule has 1 saturated heterocycles. The molecule has 1 N–H and O–H groups in total. The van der Waals surface area contributed by atoms with Gasteiger partial charge >= 0.3 is 0 Å². The molecule has 0 unspecified atom stereocenters. The number of benzene rings is 1. The van der Waals surface area contributed by atoms with Gasteiger partial charge in [-0.2, -0.15) is 0 Å². The zero-order chi connectivity index (χ0) is 13.6. The van der Waals surface area contributed by atoms with E-state index >= 15 is 0 Å². The van der Waals surface area contributed by atoms with Crippen LogP contribution in [0.4, 0.5) is 5.95 Å². The SMILES string of the molecule is c1ccc(CNC2CCN(c3ncccn3)CC2)cc1. The van der Waals surface area contributed by atoms with Crippen LogP contribution in [0.3, 0.4) is 0 Å². The largest absolute Gasteiger partial charge is 0.341 e. The van der Waals surface area contributed by atoms with Gasteiger partial charge in [0.25, 0.3) is 0 Å². The Morgan fingerprint density at radius 1 is 1.00 bits per heavy atom. The Hall–Kier alpha value is -1.94. The van der Waals surface area contributed by atoms with E-state index in [0.29, 0.717) is 6.04 Å². The van der Waals surface area contributed by atoms with Crippen LogP contribution in [0.1, 0.15) is 18.4 Å². The third kappa shape index (κ3) is 3.33. The first-order valence-electron chi connectivity index (χ1n) is 7.21. The Labute approximate surface area is 119 Å². The second kappa shape index (κ2) is 6.48. The van der Waals surface area contributed by atoms with E-state index in [0.717, 1.165) is 38.4 Å². The van der Waals surface area contributed by atoms with E-state index in [1.807, 2.05) is 18.5 Å². The van der Waals surface area contributed by atoms with Gasteiger partial charge in [-0.15, -0.1) is 0 Å². The molecule has 1 aliphatic heterocycles. The molecule has 0 saturated carbocycles. The normalized spacial score (nSPS) is 16.3. The van der Waals surface area contributed by atoms with Crippen molar-refractivity contribution < 1.29 is 0 Å². The van der Waals surface area contributed by atoms with Crippen LogP contribution in [0, 0.1) is 0 Å². The molecule has 0 radical (unpaired) electrons. The molecule has 0 spiro atoms. The first-order chi connectivity index (χ1) is 9.92. The molecule has 1 aromatic heterocycles. The summed E-state index contributed by atoms with van der Waals surface area (Å²) in [6.45, 7) is 3.00. The van der Waals surface area contributed by atoms with Gasteiger partial charge in [0.1, 0.15) is 0 Å². The van der Waals surface area contributed by atoms with Gasteiger partial charge in [-0.3, -0.25) is 0 Å². The summed E-state index contributed by atoms with van der Waals surface area (Å²) in [5, 5.41) is 3.64. The fourth-order valence-corrected chi connectivity index (χ4v) is 2.60. The predicted molar refractivity (Wildman–Crippen MR) is 80.5 cm³/mol. The van der Waals surface area contributed by atoms with Crippen LogP contribution in [0.5, 0.6) is 0 Å². The number of piperidine rings is 1. The maximum Gasteiger partial charge on any atom is 0.225 e. The highest BCUT2D eigenvalue weighted by atomic mass is 15.3. The van der Waals surface area contributed by atoms with Crippen LogP contribution < -0.4 is 10.2 Å². The van der Waals surface area contributed by atoms with Crippen molar-refractivity contribution >= 4 is 5.95 Å². The Balaban J connectivity index is 1.47. The molecule has 1 aliphatic rings. The minimum Gasteiger partial charge on any atom is -0.341 e. The van der Waals surface area contributed by atoms with Crippen LogP contribution in [0.25, 0.3) is 0 Å². The van der Waals surface area contributed by atoms with Crippen LogP contribution in [-0.2, 0) is 6.54 Å². The molecule has 0 amide bonds. The average molecular weight is 268 g/mol. The summed E-state index contributed by atoms with van der Waals surface area (Å²) in [7, 11) is 0. The third-order valence-corrected chi connectivity index (χ3v) is 3.77. The number of hydrogen-bond acceptors (Lipinski definition) is 4. The summed E-state index contributed by atoms with van der Waals surface area (Å²) in [6, 6.07) is 13.0. The summed E-state index contributed by atoms with van der Waals surface area (Å²) >= 11 is 0. The highest BCUT2D eigenvalue weighted by Gasteiger charge is 2.20. The molecule has 3 rings (SSSR count). The van der Waals surface area contributed by atoms with E-state index < -0.39 is 0 Å². The van der Waals surface area contributed by atoms with Gasteiger partial charge in [0.2, 0.25) is 5.95 Å². The van der Waals surface area contributed by atoms with Gasteiger partial charge in [-0.1, -0.05) is 30.3 Å². The van der Waals surface area contributed by atoms with Gasteiger partial charge in [-0.05, 0) is 24.5 Å². The first-order valence-corrected chi connectivity index (χ1v) is 7.21. The molecule has 1 aromatic carbocycles. The molecule has 0 bridgehead atoms. The zero-order valence-electron chi connectivity index (χ0n) is 11.6. The topological polar surface area (TPSA) is 41.0 Å². The summed E-state index contributed by atoms with van der Waals surface area (Å²) in [5.41, 5.74) is 1.35. The van der Waals surface area contributed by atoms with E-state index in [1.165, 1.54) is 5.56 Å². The fourth-order valence-electron chi connectivity index (χ4n) is 2.60. The van der Waals surface area contributed by atoms with E-state index in [1.54, 1.807) is 0 Å². The molecule has 1 fully saturated rings. The van der Waals surface area contributed by atoms with Gasteiger partial charge in [-0.25, -0.2) is 9.97 Å². The number of anilines is 1. The molecular weight excluding hydrogens is 248 g/mol. The lowest BCUT2D eigenvalue weighted by Gasteiger charge is -2.32. The zero-order valence-corrected chi connectivity index (χ0v) is 11.6. The Morgan fingerprint density at radius 2 is 1.70 bits per heavy atom. The van der Waals surface area contributed by atoms with Crippen molar-refractivity contribution in [3.8, 4) is 0 Å². The predicted octanol–water partition coefficient (Wildman–Crippen LogP) is 2.24. The van der Waals surface area contributed by atoms with Crippen molar-refractivity contribution in [2.75, 3.05) is 18.0 Å². The van der Waals surface area contributed by atoms with Crippen LogP contribution in [0.2, 0.25) is 0 Å². The summed E-state index contributed by atoms with van der Waals surface area (Å²) in [5.74, 6) is 0.856. The van der Waals surface area contributed by atoms with E-state index in [9.17, 15) is 0 Å². The van der Waals surface area contributed by atoms with Crippen molar-refractivity contribution in [1.29, 1.82) is 0 Å². The van der Waals surface area contributed by atoms with Gasteiger partial charge in [0, 0.05) is 38.1 Å². The second-order valence-electron chi connectivity index (χ2n) is 5.18. The first kappa shape index (κ1) is 13.1. The van der Waals surface area contributed by atoms with Gasteiger partial charge in [0.05, 0.1) is 0 Å². The molecule has 2 aromatic rings. The van der Waals surface area contributed by atoms with Crippen LogP contribution in [-0.4, -0.2) is 29.1 Å². The minimum absolute atomic E-state index is 0.593. The van der Waals surface area contributed by atoms with E-state index in [4.69, 9.17) is 0 Å². The molecule has 0 atom stereocenters. The average Bonchev–Trinajstić information content (AvgIpc) is 2.55. The van der Waals surface area contributed by atoms with Crippen LogP contribution >= 0.6 is 0 Å². The van der Waals surface area contributed by atoms with Crippen molar-refractivity contribution in [3.63, 3.8) is 0 Å². The summed E-state index contributed by atoms with van der Waals surface area (Å²) in [4.78, 5) is 10.9. The van der Waals surface area contributed by atoms with Crippen molar-refractivity contribution in [2.45, 2.75) is 25.4 Å². The fraction of sp³-hybridized carbons (Fsp3) is 0.375. The van der Waals surface area contributed by atoms with E-state index in [2.05, 4.69) is 50.5 Å². The van der Waals surface area contributed by atoms with Crippen LogP contribution in [0.15, 0.2) is 48.8 Å². The Morgan fingerprint density at radius 3 is 2.40 bits per heavy atom. The van der Waals surface area contributed by atoms with E-state index in [-0.39, 0.29) is 0 Å². The smallest absolute Gasteiger partial charge is 0.225 e. The Bertz CT molecular complexity index is 507. The van der Waals surface area contributed by atoms with Crippen molar-refractivity contribution in [1.82, 2.24) is 15.3 Å². The number of rotatable bonds is 4. The molecule has 0 aliphatic carbocycles. The van der Waals surface area contributed by atoms with Gasteiger partial charge in [0.15, 0.2) is 0 Å². The molecule has 2 heterocycles. The highest BCUT2D eigenvalue weighted by Crippen LogP contribution is 2.15. The third-order valence-electron chi connectivity index (χ3n) is 3.77. The lowest BCUT2D eigenvalue weighted by atomic mass is 10.0. The molecule has 4 nitrogen and oxygen atoms in total. The highest BCUT2D eigenvalue weighted by molar-refractivity contribution is 5.29. The lowest BCUT2D eigenvalue weighted by molar-refractivity contribution is 0.411. The molecule has 104 valence electrons. The quantitative estimate of drug-likeness (QED) is 0.923. The number of hydrogen-bond donors (Lipinski definition) is 1. The summed E-state index contributed by atoms with van der Waals surface area (Å²) in [6.07, 6.45) is 5.90. The lowest BCUT2D eigenvalue weighted by Crippen LogP contribution is -2.42. The maximum atomic E-state index is 4.32. The summed E-state index contributed by atoms with van der Waals surface area (Å²) < 4.78 is 0. The monoisotopic (exact) mass is 268 g/mol. The Kier molecular flexibility index (Phi) is 4.23. The molecule has 20 heavy (non-hydrogen) atoms. The standard InChI is InChI=1S/C16H20N4/c1-2-5-14(6-3-1)13-19-15-7-11-20(12-8-15)16-17-9-4-10-18-16/h1-6,9-10,15,19H,7-8,11-13H2. The van der Waals surface area contributed by atoms with Crippen molar-refractivity contribution in [3.05, 3.63) is 54.4 Å². The molecular formula is C16H20N4. The number of aromatic nitrogens is 2. The minimum atomic E-state index is 0.593. The second-order valence-corrected chi connectivity index (χ2v) is 5.18. The van der Waals surface area contributed by atoms with Gasteiger partial charge < -0.3 is 10.2 Å². The number of nitrogens with one attached hydrogen (secondary N) is 1. The maximum absolute atomic E-state index is 4.32. The number of nitrogens with zero attached hydrogens (tertiary/aromatic N) is 3.